The molecule has 4 bridgehead atoms. The summed E-state index contributed by atoms with van der Waals surface area (Å²) in [5.74, 6) is 4.17. The van der Waals surface area contributed by atoms with E-state index in [2.05, 4.69) is 43.6 Å². The van der Waals surface area contributed by atoms with Gasteiger partial charge in [0.25, 0.3) is 0 Å². The van der Waals surface area contributed by atoms with E-state index in [1.54, 1.807) is 6.42 Å². The Morgan fingerprint density at radius 2 is 1.52 bits per heavy atom. The van der Waals surface area contributed by atoms with E-state index in [-0.39, 0.29) is 0 Å². The number of rotatable bonds is 8. The van der Waals surface area contributed by atoms with Gasteiger partial charge in [0, 0.05) is 25.7 Å². The standard InChI is InChI=1S/C21H36N2/c1-15(2)4-5-16(3)6-7-22-8-9-23-21-19-11-17-10-18(13-19)14-20(21)12-17/h4,6,17-23H,5,7-14H2,1-3H3/b16-6+. The molecule has 4 aliphatic rings. The number of allylic oxidation sites excluding steroid dienone is 3. The third-order valence-electron chi connectivity index (χ3n) is 6.34. The first-order chi connectivity index (χ1) is 11.1. The Kier molecular flexibility index (Phi) is 5.98. The Morgan fingerprint density at radius 1 is 0.870 bits per heavy atom. The summed E-state index contributed by atoms with van der Waals surface area (Å²) in [4.78, 5) is 0. The van der Waals surface area contributed by atoms with Crippen LogP contribution in [0.3, 0.4) is 0 Å². The summed E-state index contributed by atoms with van der Waals surface area (Å²) in [6.07, 6.45) is 13.4. The first-order valence-electron chi connectivity index (χ1n) is 9.85. The van der Waals surface area contributed by atoms with Gasteiger partial charge in [0.2, 0.25) is 0 Å². The summed E-state index contributed by atoms with van der Waals surface area (Å²) >= 11 is 0. The van der Waals surface area contributed by atoms with Crippen molar-refractivity contribution in [2.75, 3.05) is 19.6 Å². The molecule has 0 atom stereocenters. The van der Waals surface area contributed by atoms with Gasteiger partial charge >= 0.3 is 0 Å². The summed E-state index contributed by atoms with van der Waals surface area (Å²) in [5.41, 5.74) is 2.87. The van der Waals surface area contributed by atoms with E-state index >= 15 is 0 Å². The SMILES string of the molecule is CC(C)=CC/C(C)=C/CNCCNC1C2CC3CC(C2)CC1C3. The van der Waals surface area contributed by atoms with Crippen LogP contribution in [0.1, 0.15) is 59.3 Å². The van der Waals surface area contributed by atoms with Crippen LogP contribution in [-0.2, 0) is 0 Å². The molecular weight excluding hydrogens is 280 g/mol. The zero-order valence-corrected chi connectivity index (χ0v) is 15.4. The summed E-state index contributed by atoms with van der Waals surface area (Å²) in [5, 5.41) is 7.47. The third kappa shape index (κ3) is 4.70. The van der Waals surface area contributed by atoms with Crippen molar-refractivity contribution in [2.24, 2.45) is 23.7 Å². The number of nitrogens with one attached hydrogen (secondary N) is 2. The highest BCUT2D eigenvalue weighted by atomic mass is 15.0. The molecule has 4 fully saturated rings. The van der Waals surface area contributed by atoms with Gasteiger partial charge in [0.05, 0.1) is 0 Å². The molecule has 0 spiro atoms. The second-order valence-corrected chi connectivity index (χ2v) is 8.65. The van der Waals surface area contributed by atoms with Crippen molar-refractivity contribution in [1.82, 2.24) is 10.6 Å². The fraction of sp³-hybridized carbons (Fsp3) is 0.810. The van der Waals surface area contributed by atoms with Crippen LogP contribution in [0.25, 0.3) is 0 Å². The molecule has 0 radical (unpaired) electrons. The van der Waals surface area contributed by atoms with Crippen LogP contribution in [0.4, 0.5) is 0 Å². The lowest BCUT2D eigenvalue weighted by Gasteiger charge is -2.54. The van der Waals surface area contributed by atoms with Gasteiger partial charge in [0.1, 0.15) is 0 Å². The second kappa shape index (κ2) is 7.98. The molecule has 4 aliphatic carbocycles. The van der Waals surface area contributed by atoms with Crippen molar-refractivity contribution in [1.29, 1.82) is 0 Å². The molecule has 0 aromatic heterocycles. The minimum absolute atomic E-state index is 0.833. The fourth-order valence-electron chi connectivity index (χ4n) is 5.38. The average Bonchev–Trinajstić information content (AvgIpc) is 2.50. The predicted molar refractivity (Wildman–Crippen MR) is 99.5 cm³/mol. The van der Waals surface area contributed by atoms with Gasteiger partial charge in [-0.25, -0.2) is 0 Å². The first-order valence-corrected chi connectivity index (χ1v) is 9.85. The van der Waals surface area contributed by atoms with Crippen LogP contribution in [-0.4, -0.2) is 25.7 Å². The van der Waals surface area contributed by atoms with Gasteiger partial charge in [-0.1, -0.05) is 23.3 Å². The largest absolute Gasteiger partial charge is 0.312 e. The molecule has 4 saturated carbocycles. The van der Waals surface area contributed by atoms with Gasteiger partial charge in [-0.15, -0.1) is 0 Å². The van der Waals surface area contributed by atoms with E-state index in [1.807, 2.05) is 0 Å². The summed E-state index contributed by atoms with van der Waals surface area (Å²) in [6.45, 7) is 9.80. The lowest BCUT2D eigenvalue weighted by Crippen LogP contribution is -2.55. The average molecular weight is 317 g/mol. The molecule has 0 saturated heterocycles. The molecule has 0 aromatic rings. The van der Waals surface area contributed by atoms with Crippen molar-refractivity contribution >= 4 is 0 Å². The molecule has 130 valence electrons. The normalized spacial score (nSPS) is 35.6. The van der Waals surface area contributed by atoms with Crippen molar-refractivity contribution < 1.29 is 0 Å². The Balaban J connectivity index is 1.30. The lowest BCUT2D eigenvalue weighted by atomic mass is 9.54. The highest BCUT2D eigenvalue weighted by molar-refractivity contribution is 5.08. The first kappa shape index (κ1) is 17.2. The van der Waals surface area contributed by atoms with E-state index in [1.165, 1.54) is 36.8 Å². The van der Waals surface area contributed by atoms with Crippen LogP contribution in [0.15, 0.2) is 23.3 Å². The quantitative estimate of drug-likeness (QED) is 0.515. The van der Waals surface area contributed by atoms with Gasteiger partial charge < -0.3 is 10.6 Å². The maximum Gasteiger partial charge on any atom is 0.0138 e. The zero-order chi connectivity index (χ0) is 16.2. The van der Waals surface area contributed by atoms with Crippen LogP contribution in [0.5, 0.6) is 0 Å². The van der Waals surface area contributed by atoms with E-state index < -0.39 is 0 Å². The molecule has 23 heavy (non-hydrogen) atoms. The molecule has 2 nitrogen and oxygen atoms in total. The molecule has 2 heteroatoms. The van der Waals surface area contributed by atoms with Crippen LogP contribution < -0.4 is 10.6 Å². The minimum Gasteiger partial charge on any atom is -0.312 e. The van der Waals surface area contributed by atoms with Gasteiger partial charge in [-0.2, -0.15) is 0 Å². The van der Waals surface area contributed by atoms with Gasteiger partial charge in [-0.05, 0) is 83.0 Å². The summed E-state index contributed by atoms with van der Waals surface area (Å²) in [7, 11) is 0. The summed E-state index contributed by atoms with van der Waals surface area (Å²) in [6, 6.07) is 0.833. The van der Waals surface area contributed by atoms with E-state index in [0.29, 0.717) is 0 Å². The van der Waals surface area contributed by atoms with Crippen LogP contribution in [0.2, 0.25) is 0 Å². The highest BCUT2D eigenvalue weighted by Gasteiger charge is 2.47. The van der Waals surface area contributed by atoms with Crippen molar-refractivity contribution in [3.05, 3.63) is 23.3 Å². The zero-order valence-electron chi connectivity index (χ0n) is 15.4. The van der Waals surface area contributed by atoms with Crippen molar-refractivity contribution in [2.45, 2.75) is 65.3 Å². The van der Waals surface area contributed by atoms with Crippen molar-refractivity contribution in [3.63, 3.8) is 0 Å². The molecule has 0 aromatic carbocycles. The minimum atomic E-state index is 0.833. The molecule has 0 heterocycles. The Hall–Kier alpha value is -0.600. The molecular formula is C21H36N2. The monoisotopic (exact) mass is 316 g/mol. The van der Waals surface area contributed by atoms with E-state index in [0.717, 1.165) is 55.8 Å². The lowest BCUT2D eigenvalue weighted by molar-refractivity contribution is -0.0133. The molecule has 0 aliphatic heterocycles. The van der Waals surface area contributed by atoms with Crippen LogP contribution in [0, 0.1) is 23.7 Å². The van der Waals surface area contributed by atoms with Gasteiger partial charge in [-0.3, -0.25) is 0 Å². The third-order valence-corrected chi connectivity index (χ3v) is 6.34. The molecule has 2 N–H and O–H groups in total. The smallest absolute Gasteiger partial charge is 0.0138 e. The van der Waals surface area contributed by atoms with E-state index in [9.17, 15) is 0 Å². The van der Waals surface area contributed by atoms with Crippen molar-refractivity contribution in [3.8, 4) is 0 Å². The van der Waals surface area contributed by atoms with E-state index in [4.69, 9.17) is 0 Å². The maximum absolute atomic E-state index is 3.90. The van der Waals surface area contributed by atoms with Crippen LogP contribution >= 0.6 is 0 Å². The Morgan fingerprint density at radius 3 is 2.13 bits per heavy atom. The Labute approximate surface area is 143 Å². The summed E-state index contributed by atoms with van der Waals surface area (Å²) < 4.78 is 0. The van der Waals surface area contributed by atoms with Gasteiger partial charge in [0.15, 0.2) is 0 Å². The number of hydrogen-bond acceptors (Lipinski definition) is 2. The number of hydrogen-bond donors (Lipinski definition) is 2. The highest BCUT2D eigenvalue weighted by Crippen LogP contribution is 2.53. The maximum atomic E-state index is 3.90. The predicted octanol–water partition coefficient (Wildman–Crippen LogP) is 4.29. The molecule has 0 unspecified atom stereocenters. The Bertz CT molecular complexity index is 417. The topological polar surface area (TPSA) is 24.1 Å². The molecule has 0 amide bonds. The molecule has 4 rings (SSSR count). The second-order valence-electron chi connectivity index (χ2n) is 8.65. The fourth-order valence-corrected chi connectivity index (χ4v) is 5.38.